The molecule has 1 heterocycles. The Morgan fingerprint density at radius 1 is 0.865 bits per heavy atom. The smallest absolute Gasteiger partial charge is 0.410 e. The van der Waals surface area contributed by atoms with E-state index in [1.54, 1.807) is 0 Å². The Balaban J connectivity index is 1.35. The van der Waals surface area contributed by atoms with Gasteiger partial charge >= 0.3 is 6.09 Å². The first kappa shape index (κ1) is 26.4. The van der Waals surface area contributed by atoms with Crippen LogP contribution in [-0.4, -0.2) is 46.7 Å². The molecule has 0 radical (unpaired) electrons. The van der Waals surface area contributed by atoms with E-state index in [0.717, 1.165) is 36.8 Å². The van der Waals surface area contributed by atoms with E-state index in [1.807, 2.05) is 54.6 Å². The molecule has 4 rings (SSSR count). The summed E-state index contributed by atoms with van der Waals surface area (Å²) in [5, 5.41) is 13.5. The third kappa shape index (κ3) is 8.19. The predicted molar refractivity (Wildman–Crippen MR) is 144 cm³/mol. The molecular weight excluding hydrogens is 464 g/mol. The van der Waals surface area contributed by atoms with E-state index in [9.17, 15) is 14.7 Å². The SMILES string of the molecule is O=C(NC(CCCCc1ccccc1)Cc1ccccc1)C1CC(O)CN1C(=O)OCc1ccccc1. The third-order valence-corrected chi connectivity index (χ3v) is 6.80. The van der Waals surface area contributed by atoms with Gasteiger partial charge in [0, 0.05) is 12.5 Å². The molecule has 3 atom stereocenters. The molecule has 3 aromatic rings. The molecule has 0 aromatic heterocycles. The molecule has 0 bridgehead atoms. The third-order valence-electron chi connectivity index (χ3n) is 6.80. The van der Waals surface area contributed by atoms with Crippen molar-refractivity contribution < 1.29 is 19.4 Å². The van der Waals surface area contributed by atoms with Crippen LogP contribution >= 0.6 is 0 Å². The molecule has 3 aromatic carbocycles. The number of likely N-dealkylation sites (tertiary alicyclic amines) is 1. The van der Waals surface area contributed by atoms with Gasteiger partial charge in [-0.1, -0.05) is 97.4 Å². The van der Waals surface area contributed by atoms with Crippen LogP contribution in [0.5, 0.6) is 0 Å². The monoisotopic (exact) mass is 500 g/mol. The average molecular weight is 501 g/mol. The van der Waals surface area contributed by atoms with Crippen molar-refractivity contribution in [2.24, 2.45) is 0 Å². The average Bonchev–Trinajstić information content (AvgIpc) is 3.33. The summed E-state index contributed by atoms with van der Waals surface area (Å²) in [7, 11) is 0. The summed E-state index contributed by atoms with van der Waals surface area (Å²) in [5.41, 5.74) is 3.34. The molecule has 6 nitrogen and oxygen atoms in total. The number of hydrogen-bond donors (Lipinski definition) is 2. The fourth-order valence-electron chi connectivity index (χ4n) is 4.85. The number of rotatable bonds is 11. The number of nitrogens with one attached hydrogen (secondary N) is 1. The Labute approximate surface area is 219 Å². The summed E-state index contributed by atoms with van der Waals surface area (Å²) >= 11 is 0. The molecular formula is C31H36N2O4. The molecule has 37 heavy (non-hydrogen) atoms. The van der Waals surface area contributed by atoms with E-state index in [-0.39, 0.29) is 31.5 Å². The second-order valence-electron chi connectivity index (χ2n) is 9.72. The number of aliphatic hydroxyl groups is 1. The maximum absolute atomic E-state index is 13.4. The lowest BCUT2D eigenvalue weighted by atomic mass is 9.98. The Morgan fingerprint density at radius 3 is 2.11 bits per heavy atom. The highest BCUT2D eigenvalue weighted by Gasteiger charge is 2.40. The molecule has 0 aliphatic carbocycles. The lowest BCUT2D eigenvalue weighted by Crippen LogP contribution is -2.49. The van der Waals surface area contributed by atoms with Crippen molar-refractivity contribution in [3.8, 4) is 0 Å². The van der Waals surface area contributed by atoms with Crippen LogP contribution in [0.2, 0.25) is 0 Å². The zero-order valence-electron chi connectivity index (χ0n) is 21.2. The van der Waals surface area contributed by atoms with Gasteiger partial charge in [-0.3, -0.25) is 9.69 Å². The topological polar surface area (TPSA) is 78.9 Å². The van der Waals surface area contributed by atoms with Crippen molar-refractivity contribution in [2.45, 2.75) is 63.3 Å². The van der Waals surface area contributed by atoms with Gasteiger partial charge in [-0.15, -0.1) is 0 Å². The highest BCUT2D eigenvalue weighted by Crippen LogP contribution is 2.21. The molecule has 0 spiro atoms. The van der Waals surface area contributed by atoms with Crippen LogP contribution in [0.25, 0.3) is 0 Å². The van der Waals surface area contributed by atoms with Crippen molar-refractivity contribution in [3.63, 3.8) is 0 Å². The van der Waals surface area contributed by atoms with Gasteiger partial charge in [0.1, 0.15) is 12.6 Å². The van der Waals surface area contributed by atoms with Crippen molar-refractivity contribution in [2.75, 3.05) is 6.54 Å². The van der Waals surface area contributed by atoms with E-state index >= 15 is 0 Å². The minimum Gasteiger partial charge on any atom is -0.445 e. The first-order valence-electron chi connectivity index (χ1n) is 13.1. The van der Waals surface area contributed by atoms with Crippen LogP contribution in [0, 0.1) is 0 Å². The zero-order chi connectivity index (χ0) is 25.9. The Bertz CT molecular complexity index is 1110. The number of nitrogens with zero attached hydrogens (tertiary/aromatic N) is 1. The maximum Gasteiger partial charge on any atom is 0.410 e. The van der Waals surface area contributed by atoms with E-state index in [2.05, 4.69) is 41.7 Å². The van der Waals surface area contributed by atoms with E-state index in [1.165, 1.54) is 10.5 Å². The number of hydrogen-bond acceptors (Lipinski definition) is 4. The van der Waals surface area contributed by atoms with Gasteiger partial charge in [-0.2, -0.15) is 0 Å². The normalized spacial score (nSPS) is 17.8. The quantitative estimate of drug-likeness (QED) is 0.367. The fourth-order valence-corrected chi connectivity index (χ4v) is 4.85. The van der Waals surface area contributed by atoms with Gasteiger partial charge in [-0.25, -0.2) is 4.79 Å². The molecule has 2 N–H and O–H groups in total. The summed E-state index contributed by atoms with van der Waals surface area (Å²) in [6, 6.07) is 29.1. The van der Waals surface area contributed by atoms with Crippen LogP contribution in [0.1, 0.15) is 42.4 Å². The molecule has 1 fully saturated rings. The highest BCUT2D eigenvalue weighted by atomic mass is 16.6. The summed E-state index contributed by atoms with van der Waals surface area (Å²) in [6.45, 7) is 0.213. The van der Waals surface area contributed by atoms with Crippen LogP contribution in [0.3, 0.4) is 0 Å². The largest absolute Gasteiger partial charge is 0.445 e. The second kappa shape index (κ2) is 13.6. The van der Waals surface area contributed by atoms with Crippen LogP contribution in [0.15, 0.2) is 91.0 Å². The predicted octanol–water partition coefficient (Wildman–Crippen LogP) is 4.90. The van der Waals surface area contributed by atoms with Crippen LogP contribution < -0.4 is 5.32 Å². The molecule has 2 amide bonds. The van der Waals surface area contributed by atoms with Crippen molar-refractivity contribution >= 4 is 12.0 Å². The Morgan fingerprint density at radius 2 is 1.46 bits per heavy atom. The lowest BCUT2D eigenvalue weighted by molar-refractivity contribution is -0.126. The van der Waals surface area contributed by atoms with Crippen molar-refractivity contribution in [3.05, 3.63) is 108 Å². The van der Waals surface area contributed by atoms with Crippen molar-refractivity contribution in [1.82, 2.24) is 10.2 Å². The summed E-state index contributed by atoms with van der Waals surface area (Å²) in [6.07, 6.45) is 3.43. The number of β-amino-alcohol motifs (C(OH)–C–C–N with tert-alkyl or cyclic N) is 1. The first-order chi connectivity index (χ1) is 18.1. The van der Waals surface area contributed by atoms with Gasteiger partial charge in [0.2, 0.25) is 5.91 Å². The highest BCUT2D eigenvalue weighted by molar-refractivity contribution is 5.86. The Hall–Kier alpha value is -3.64. The maximum atomic E-state index is 13.4. The molecule has 6 heteroatoms. The number of benzene rings is 3. The van der Waals surface area contributed by atoms with Crippen LogP contribution in [0.4, 0.5) is 4.79 Å². The van der Waals surface area contributed by atoms with Gasteiger partial charge in [-0.05, 0) is 42.4 Å². The van der Waals surface area contributed by atoms with Gasteiger partial charge < -0.3 is 15.2 Å². The number of carbonyl (C=O) groups excluding carboxylic acids is 2. The lowest BCUT2D eigenvalue weighted by Gasteiger charge is -2.26. The molecule has 194 valence electrons. The summed E-state index contributed by atoms with van der Waals surface area (Å²) in [4.78, 5) is 27.5. The molecule has 1 aliphatic rings. The first-order valence-corrected chi connectivity index (χ1v) is 13.1. The van der Waals surface area contributed by atoms with Crippen LogP contribution in [-0.2, 0) is 29.0 Å². The number of aliphatic hydroxyl groups excluding tert-OH is 1. The van der Waals surface area contributed by atoms with Gasteiger partial charge in [0.05, 0.1) is 12.6 Å². The summed E-state index contributed by atoms with van der Waals surface area (Å²) < 4.78 is 5.46. The summed E-state index contributed by atoms with van der Waals surface area (Å²) in [5.74, 6) is -0.239. The van der Waals surface area contributed by atoms with Gasteiger partial charge in [0.25, 0.3) is 0 Å². The second-order valence-corrected chi connectivity index (χ2v) is 9.72. The molecule has 1 aliphatic heterocycles. The number of aryl methyl sites for hydroxylation is 1. The minimum absolute atomic E-state index is 0.0643. The molecule has 0 saturated carbocycles. The molecule has 1 saturated heterocycles. The fraction of sp³-hybridized carbons (Fsp3) is 0.355. The Kier molecular flexibility index (Phi) is 9.72. The molecule has 3 unspecified atom stereocenters. The van der Waals surface area contributed by atoms with Crippen molar-refractivity contribution in [1.29, 1.82) is 0 Å². The number of unbranched alkanes of at least 4 members (excludes halogenated alkanes) is 1. The minimum atomic E-state index is -0.751. The number of carbonyl (C=O) groups is 2. The zero-order valence-corrected chi connectivity index (χ0v) is 21.2. The van der Waals surface area contributed by atoms with E-state index in [0.29, 0.717) is 6.42 Å². The number of amides is 2. The number of ether oxygens (including phenoxy) is 1. The van der Waals surface area contributed by atoms with Gasteiger partial charge in [0.15, 0.2) is 0 Å². The standard InChI is InChI=1S/C31H36N2O4/c34-28-21-29(33(22-28)31(36)37-23-26-17-8-3-9-18-26)30(35)32-27(20-25-15-6-2-7-16-25)19-11-10-14-24-12-4-1-5-13-24/h1-9,12-13,15-18,27-29,34H,10-11,14,19-23H2,(H,32,35). The van der Waals surface area contributed by atoms with E-state index < -0.39 is 18.2 Å². The van der Waals surface area contributed by atoms with E-state index in [4.69, 9.17) is 4.74 Å².